The summed E-state index contributed by atoms with van der Waals surface area (Å²) < 4.78 is 4.47. The number of ether oxygens (including phenoxy) is 1. The maximum atomic E-state index is 11.8. The first-order valence-corrected chi connectivity index (χ1v) is 6.50. The molecule has 0 aromatic heterocycles. The Morgan fingerprint density at radius 2 is 2.00 bits per heavy atom. The van der Waals surface area contributed by atoms with Crippen molar-refractivity contribution in [2.45, 2.75) is 44.9 Å². The standard InChI is InChI=1S/C12H22ClNO3/c1-4-6-7-9(5-2)11(15)14-8-10(13)12(16)17-3/h9-10H,4-8H2,1-3H3,(H,14,15). The second-order valence-electron chi connectivity index (χ2n) is 3.98. The number of amides is 1. The highest BCUT2D eigenvalue weighted by atomic mass is 35.5. The van der Waals surface area contributed by atoms with Gasteiger partial charge in [0.15, 0.2) is 0 Å². The van der Waals surface area contributed by atoms with Gasteiger partial charge >= 0.3 is 5.97 Å². The Bertz CT molecular complexity index is 246. The summed E-state index contributed by atoms with van der Waals surface area (Å²) in [5.41, 5.74) is 0. The lowest BCUT2D eigenvalue weighted by atomic mass is 9.98. The molecule has 0 rings (SSSR count). The van der Waals surface area contributed by atoms with E-state index in [0.717, 1.165) is 25.7 Å². The van der Waals surface area contributed by atoms with Crippen LogP contribution in [-0.4, -0.2) is 30.9 Å². The average Bonchev–Trinajstić information content (AvgIpc) is 2.35. The fourth-order valence-corrected chi connectivity index (χ4v) is 1.68. The fourth-order valence-electron chi connectivity index (χ4n) is 1.52. The van der Waals surface area contributed by atoms with Gasteiger partial charge in [0.2, 0.25) is 5.91 Å². The molecule has 4 nitrogen and oxygen atoms in total. The molecule has 1 amide bonds. The van der Waals surface area contributed by atoms with E-state index in [0.29, 0.717) is 0 Å². The summed E-state index contributed by atoms with van der Waals surface area (Å²) in [7, 11) is 1.27. The summed E-state index contributed by atoms with van der Waals surface area (Å²) in [6.45, 7) is 4.20. The molecule has 0 aliphatic heterocycles. The van der Waals surface area contributed by atoms with Crippen LogP contribution in [0.2, 0.25) is 0 Å². The summed E-state index contributed by atoms with van der Waals surface area (Å²) >= 11 is 5.74. The zero-order chi connectivity index (χ0) is 13.3. The fraction of sp³-hybridized carbons (Fsp3) is 0.833. The predicted molar refractivity (Wildman–Crippen MR) is 68.0 cm³/mol. The molecule has 0 aromatic rings. The minimum absolute atomic E-state index is 0.0106. The Morgan fingerprint density at radius 1 is 1.35 bits per heavy atom. The summed E-state index contributed by atoms with van der Waals surface area (Å²) in [5, 5.41) is 1.87. The number of carbonyl (C=O) groups is 2. The van der Waals surface area contributed by atoms with Gasteiger partial charge < -0.3 is 10.1 Å². The first-order chi connectivity index (χ1) is 8.06. The topological polar surface area (TPSA) is 55.4 Å². The smallest absolute Gasteiger partial charge is 0.325 e. The molecule has 0 spiro atoms. The van der Waals surface area contributed by atoms with Gasteiger partial charge in [-0.25, -0.2) is 0 Å². The molecule has 0 bridgehead atoms. The van der Waals surface area contributed by atoms with Gasteiger partial charge in [-0.05, 0) is 12.8 Å². The molecule has 100 valence electrons. The van der Waals surface area contributed by atoms with E-state index >= 15 is 0 Å². The minimum Gasteiger partial charge on any atom is -0.468 e. The lowest BCUT2D eigenvalue weighted by Crippen LogP contribution is -2.37. The molecule has 5 heteroatoms. The molecular weight excluding hydrogens is 242 g/mol. The van der Waals surface area contributed by atoms with E-state index in [1.54, 1.807) is 0 Å². The van der Waals surface area contributed by atoms with Crippen LogP contribution >= 0.6 is 11.6 Å². The van der Waals surface area contributed by atoms with Gasteiger partial charge in [0.25, 0.3) is 0 Å². The third kappa shape index (κ3) is 6.51. The Labute approximate surface area is 108 Å². The van der Waals surface area contributed by atoms with Crippen molar-refractivity contribution in [3.05, 3.63) is 0 Å². The maximum Gasteiger partial charge on any atom is 0.325 e. The number of halogens is 1. The van der Waals surface area contributed by atoms with Crippen LogP contribution in [-0.2, 0) is 14.3 Å². The monoisotopic (exact) mass is 263 g/mol. The van der Waals surface area contributed by atoms with Gasteiger partial charge in [0, 0.05) is 12.5 Å². The number of carbonyl (C=O) groups excluding carboxylic acids is 2. The van der Waals surface area contributed by atoms with E-state index in [1.165, 1.54) is 7.11 Å². The van der Waals surface area contributed by atoms with Crippen LogP contribution in [0.5, 0.6) is 0 Å². The molecule has 2 atom stereocenters. The summed E-state index contributed by atoms with van der Waals surface area (Å²) in [4.78, 5) is 22.8. The average molecular weight is 264 g/mol. The Hall–Kier alpha value is -0.770. The van der Waals surface area contributed by atoms with Crippen LogP contribution in [0, 0.1) is 5.92 Å². The third-order valence-corrected chi connectivity index (χ3v) is 3.01. The Kier molecular flexibility index (Phi) is 8.86. The number of hydrogen-bond acceptors (Lipinski definition) is 3. The van der Waals surface area contributed by atoms with E-state index < -0.39 is 11.3 Å². The highest BCUT2D eigenvalue weighted by Gasteiger charge is 2.20. The van der Waals surface area contributed by atoms with E-state index in [-0.39, 0.29) is 18.4 Å². The first kappa shape index (κ1) is 16.2. The van der Waals surface area contributed by atoms with Crippen LogP contribution in [0.1, 0.15) is 39.5 Å². The molecule has 2 unspecified atom stereocenters. The van der Waals surface area contributed by atoms with Crippen molar-refractivity contribution < 1.29 is 14.3 Å². The molecule has 1 N–H and O–H groups in total. The lowest BCUT2D eigenvalue weighted by Gasteiger charge is -2.15. The molecule has 17 heavy (non-hydrogen) atoms. The first-order valence-electron chi connectivity index (χ1n) is 6.06. The lowest BCUT2D eigenvalue weighted by molar-refractivity contribution is -0.140. The van der Waals surface area contributed by atoms with Crippen molar-refractivity contribution in [1.29, 1.82) is 0 Å². The molecule has 0 aliphatic carbocycles. The number of alkyl halides is 1. The second kappa shape index (κ2) is 9.28. The number of rotatable bonds is 8. The van der Waals surface area contributed by atoms with Crippen LogP contribution in [0.15, 0.2) is 0 Å². The van der Waals surface area contributed by atoms with Crippen molar-refractivity contribution in [2.24, 2.45) is 5.92 Å². The van der Waals surface area contributed by atoms with E-state index in [2.05, 4.69) is 17.0 Å². The quantitative estimate of drug-likeness (QED) is 0.539. The molecule has 0 saturated carbocycles. The van der Waals surface area contributed by atoms with Gasteiger partial charge in [0.05, 0.1) is 7.11 Å². The zero-order valence-electron chi connectivity index (χ0n) is 10.8. The number of esters is 1. The van der Waals surface area contributed by atoms with Crippen LogP contribution < -0.4 is 5.32 Å². The SMILES string of the molecule is CCCCC(CC)C(=O)NCC(Cl)C(=O)OC. The molecular formula is C12H22ClNO3. The van der Waals surface area contributed by atoms with Gasteiger partial charge in [0.1, 0.15) is 5.38 Å². The number of unbranched alkanes of at least 4 members (excludes halogenated alkanes) is 1. The Morgan fingerprint density at radius 3 is 2.47 bits per heavy atom. The second-order valence-corrected chi connectivity index (χ2v) is 4.51. The van der Waals surface area contributed by atoms with Crippen LogP contribution in [0.4, 0.5) is 0 Å². The largest absolute Gasteiger partial charge is 0.468 e. The van der Waals surface area contributed by atoms with Crippen molar-refractivity contribution in [3.8, 4) is 0 Å². The number of nitrogens with one attached hydrogen (secondary N) is 1. The summed E-state index contributed by atoms with van der Waals surface area (Å²) in [6.07, 6.45) is 3.79. The van der Waals surface area contributed by atoms with Crippen molar-refractivity contribution in [3.63, 3.8) is 0 Å². The normalized spacial score (nSPS) is 13.9. The Balaban J connectivity index is 4.01. The maximum absolute atomic E-state index is 11.8. The number of methoxy groups -OCH3 is 1. The predicted octanol–water partition coefficient (Wildman–Crippen LogP) is 2.10. The highest BCUT2D eigenvalue weighted by molar-refractivity contribution is 6.30. The van der Waals surface area contributed by atoms with Crippen molar-refractivity contribution >= 4 is 23.5 Å². The van der Waals surface area contributed by atoms with Crippen LogP contribution in [0.25, 0.3) is 0 Å². The van der Waals surface area contributed by atoms with Gasteiger partial charge in [-0.15, -0.1) is 11.6 Å². The molecule has 0 aromatic carbocycles. The molecule has 0 aliphatic rings. The van der Waals surface area contributed by atoms with Gasteiger partial charge in [-0.3, -0.25) is 9.59 Å². The molecule has 0 heterocycles. The van der Waals surface area contributed by atoms with E-state index in [4.69, 9.17) is 11.6 Å². The molecule has 0 fully saturated rings. The van der Waals surface area contributed by atoms with E-state index in [1.807, 2.05) is 6.92 Å². The van der Waals surface area contributed by atoms with Crippen molar-refractivity contribution in [1.82, 2.24) is 5.32 Å². The van der Waals surface area contributed by atoms with Crippen molar-refractivity contribution in [2.75, 3.05) is 13.7 Å². The zero-order valence-corrected chi connectivity index (χ0v) is 11.5. The third-order valence-electron chi connectivity index (χ3n) is 2.68. The van der Waals surface area contributed by atoms with Gasteiger partial charge in [-0.1, -0.05) is 26.7 Å². The van der Waals surface area contributed by atoms with E-state index in [9.17, 15) is 9.59 Å². The number of hydrogen-bond donors (Lipinski definition) is 1. The highest BCUT2D eigenvalue weighted by Crippen LogP contribution is 2.12. The molecule has 0 radical (unpaired) electrons. The van der Waals surface area contributed by atoms with Crippen LogP contribution in [0.3, 0.4) is 0 Å². The van der Waals surface area contributed by atoms with Gasteiger partial charge in [-0.2, -0.15) is 0 Å². The summed E-state index contributed by atoms with van der Waals surface area (Å²) in [5.74, 6) is -0.541. The molecule has 0 saturated heterocycles. The minimum atomic E-state index is -0.812. The summed E-state index contributed by atoms with van der Waals surface area (Å²) in [6, 6.07) is 0.